The van der Waals surface area contributed by atoms with E-state index in [0.717, 1.165) is 0 Å². The van der Waals surface area contributed by atoms with Gasteiger partial charge in [0.1, 0.15) is 6.61 Å². The molecule has 0 saturated carbocycles. The third-order valence-electron chi connectivity index (χ3n) is 4.05. The lowest BCUT2D eigenvalue weighted by Crippen LogP contribution is -2.35. The summed E-state index contributed by atoms with van der Waals surface area (Å²) in [7, 11) is -4.22. The molecule has 0 spiro atoms. The van der Waals surface area contributed by atoms with Crippen molar-refractivity contribution in [3.63, 3.8) is 0 Å². The van der Waals surface area contributed by atoms with Gasteiger partial charge in [0, 0.05) is 16.4 Å². The lowest BCUT2D eigenvalue weighted by Gasteiger charge is -2.25. The van der Waals surface area contributed by atoms with Gasteiger partial charge in [-0.15, -0.1) is 11.3 Å². The summed E-state index contributed by atoms with van der Waals surface area (Å²) in [6, 6.07) is 5.86. The Morgan fingerprint density at radius 1 is 1.19 bits per heavy atom. The largest absolute Gasteiger partial charge is 0.483 e. The molecule has 0 amide bonds. The average molecular weight is 415 g/mol. The van der Waals surface area contributed by atoms with Crippen LogP contribution in [0.25, 0.3) is 0 Å². The summed E-state index contributed by atoms with van der Waals surface area (Å²) >= 11 is 1.48. The summed E-state index contributed by atoms with van der Waals surface area (Å²) < 4.78 is 42.3. The highest BCUT2D eigenvalue weighted by Gasteiger charge is 2.21. The highest BCUT2D eigenvalue weighted by molar-refractivity contribution is 7.85. The molecule has 2 aromatic rings. The van der Waals surface area contributed by atoms with Gasteiger partial charge in [-0.25, -0.2) is 0 Å². The second-order valence-electron chi connectivity index (χ2n) is 5.78. The zero-order valence-electron chi connectivity index (χ0n) is 15.7. The van der Waals surface area contributed by atoms with E-state index < -0.39 is 16.3 Å². The molecule has 1 aliphatic rings. The van der Waals surface area contributed by atoms with E-state index in [-0.39, 0.29) is 4.90 Å². The molecule has 7 nitrogen and oxygen atoms in total. The van der Waals surface area contributed by atoms with Crippen molar-refractivity contribution >= 4 is 27.1 Å². The number of anilines is 1. The monoisotopic (exact) mass is 414 g/mol. The smallest absolute Gasteiger partial charge is 0.294 e. The maximum absolute atomic E-state index is 11.1. The molecule has 2 N–H and O–H groups in total. The van der Waals surface area contributed by atoms with Crippen molar-refractivity contribution in [3.8, 4) is 11.5 Å². The van der Waals surface area contributed by atoms with E-state index in [1.165, 1.54) is 49.2 Å². The molecule has 0 aliphatic carbocycles. The van der Waals surface area contributed by atoms with E-state index >= 15 is 0 Å². The molecule has 1 aromatic carbocycles. The second-order valence-corrected chi connectivity index (χ2v) is 7.95. The summed E-state index contributed by atoms with van der Waals surface area (Å²) in [4.78, 5) is 2.20. The van der Waals surface area contributed by atoms with Gasteiger partial charge in [0.05, 0.1) is 4.90 Å². The topological polar surface area (TPSA) is 88.1 Å². The predicted molar refractivity (Wildman–Crippen MR) is 108 cm³/mol. The van der Waals surface area contributed by atoms with Crippen LogP contribution in [0.4, 0.5) is 5.69 Å². The number of nitrogens with zero attached hydrogens (tertiary/aromatic N) is 1. The molecule has 3 rings (SSSR count). The molecule has 9 heteroatoms. The van der Waals surface area contributed by atoms with Crippen molar-refractivity contribution in [2.45, 2.75) is 31.9 Å². The van der Waals surface area contributed by atoms with Gasteiger partial charge in [-0.05, 0) is 37.8 Å². The van der Waals surface area contributed by atoms with Crippen LogP contribution in [0.2, 0.25) is 0 Å². The fourth-order valence-corrected chi connectivity index (χ4v) is 3.69. The summed E-state index contributed by atoms with van der Waals surface area (Å²) in [5, 5.41) is 6.69. The van der Waals surface area contributed by atoms with E-state index in [9.17, 15) is 8.42 Å². The zero-order valence-corrected chi connectivity index (χ0v) is 17.3. The Kier molecular flexibility index (Phi) is 7.91. The predicted octanol–water partition coefficient (Wildman–Crippen LogP) is 3.55. The molecule has 150 valence electrons. The van der Waals surface area contributed by atoms with Crippen molar-refractivity contribution in [3.05, 3.63) is 35.0 Å². The minimum atomic E-state index is -4.22. The van der Waals surface area contributed by atoms with Crippen LogP contribution >= 0.6 is 11.3 Å². The number of benzene rings is 1. The Balaban J connectivity index is 0.000000321. The van der Waals surface area contributed by atoms with Gasteiger partial charge in [0.2, 0.25) is 6.23 Å². The number of fused-ring (bicyclic) bond motifs is 1. The van der Waals surface area contributed by atoms with Crippen molar-refractivity contribution in [2.24, 2.45) is 0 Å². The Morgan fingerprint density at radius 3 is 2.44 bits per heavy atom. The molecule has 0 bridgehead atoms. The normalized spacial score (nSPS) is 15.8. The van der Waals surface area contributed by atoms with Gasteiger partial charge in [-0.1, -0.05) is 26.8 Å². The van der Waals surface area contributed by atoms with Gasteiger partial charge < -0.3 is 19.7 Å². The van der Waals surface area contributed by atoms with E-state index in [2.05, 4.69) is 31.0 Å². The first-order valence-electron chi connectivity index (χ1n) is 8.79. The lowest BCUT2D eigenvalue weighted by atomic mass is 10.3. The number of hydrogen-bond acceptors (Lipinski definition) is 7. The third-order valence-corrected chi connectivity index (χ3v) is 5.60. The third kappa shape index (κ3) is 6.39. The second kappa shape index (κ2) is 9.93. The Morgan fingerprint density at radius 2 is 1.85 bits per heavy atom. The van der Waals surface area contributed by atoms with Crippen LogP contribution in [-0.2, 0) is 10.1 Å². The molecule has 0 radical (unpaired) electrons. The van der Waals surface area contributed by atoms with Crippen LogP contribution in [0.1, 0.15) is 20.8 Å². The number of rotatable bonds is 6. The maximum atomic E-state index is 11.1. The summed E-state index contributed by atoms with van der Waals surface area (Å²) in [6.07, 6.45) is -0.422. The SMILES string of the molecule is CCN(CC)CC.O=S(=O)(O)c1cccc(NC2COc3cscc3O2)c1. The van der Waals surface area contributed by atoms with Crippen molar-refractivity contribution in [1.29, 1.82) is 0 Å². The first-order chi connectivity index (χ1) is 12.9. The average Bonchev–Trinajstić information content (AvgIpc) is 3.11. The number of ether oxygens (including phenoxy) is 2. The highest BCUT2D eigenvalue weighted by Crippen LogP contribution is 2.35. The molecule has 1 unspecified atom stereocenters. The summed E-state index contributed by atoms with van der Waals surface area (Å²) in [5.74, 6) is 1.37. The zero-order chi connectivity index (χ0) is 19.9. The molecule has 0 saturated heterocycles. The fourth-order valence-electron chi connectivity index (χ4n) is 2.49. The minimum Gasteiger partial charge on any atom is -0.483 e. The molecule has 1 aromatic heterocycles. The van der Waals surface area contributed by atoms with Gasteiger partial charge in [-0.2, -0.15) is 8.42 Å². The molecule has 1 atom stereocenters. The summed E-state index contributed by atoms with van der Waals surface area (Å²) in [6.45, 7) is 10.4. The maximum Gasteiger partial charge on any atom is 0.294 e. The van der Waals surface area contributed by atoms with Gasteiger partial charge in [0.25, 0.3) is 10.1 Å². The van der Waals surface area contributed by atoms with Crippen LogP contribution < -0.4 is 14.8 Å². The number of nitrogens with one attached hydrogen (secondary N) is 1. The first kappa shape index (κ1) is 21.5. The van der Waals surface area contributed by atoms with Crippen LogP contribution in [-0.4, -0.2) is 50.3 Å². The first-order valence-corrected chi connectivity index (χ1v) is 11.2. The number of thiophene rings is 1. The Bertz CT molecular complexity index is 813. The minimum absolute atomic E-state index is 0.171. The molecule has 0 fully saturated rings. The van der Waals surface area contributed by atoms with E-state index in [1.807, 2.05) is 10.8 Å². The highest BCUT2D eigenvalue weighted by atomic mass is 32.2. The van der Waals surface area contributed by atoms with E-state index in [4.69, 9.17) is 14.0 Å². The number of hydrogen-bond donors (Lipinski definition) is 2. The molecule has 2 heterocycles. The van der Waals surface area contributed by atoms with E-state index in [1.54, 1.807) is 6.07 Å². The standard InChI is InChI=1S/C12H11NO5S2.C6H15N/c14-20(15,16)9-3-1-2-8(4-9)13-12-5-17-10-6-19-7-11(10)18-12;1-4-7(5-2)6-3/h1-4,6-7,12-13H,5H2,(H,14,15,16);4-6H2,1-3H3. The van der Waals surface area contributed by atoms with Crippen LogP contribution in [0.5, 0.6) is 11.5 Å². The van der Waals surface area contributed by atoms with Crippen LogP contribution in [0.15, 0.2) is 39.9 Å². The van der Waals surface area contributed by atoms with Gasteiger partial charge in [-0.3, -0.25) is 4.55 Å². The van der Waals surface area contributed by atoms with Crippen molar-refractivity contribution in [1.82, 2.24) is 4.90 Å². The lowest BCUT2D eigenvalue weighted by molar-refractivity contribution is 0.111. The van der Waals surface area contributed by atoms with Gasteiger partial charge >= 0.3 is 0 Å². The van der Waals surface area contributed by atoms with Crippen LogP contribution in [0, 0.1) is 0 Å². The Labute approximate surface area is 164 Å². The van der Waals surface area contributed by atoms with E-state index in [0.29, 0.717) is 23.8 Å². The Hall–Kier alpha value is -1.81. The van der Waals surface area contributed by atoms with Gasteiger partial charge in [0.15, 0.2) is 11.5 Å². The van der Waals surface area contributed by atoms with Crippen molar-refractivity contribution < 1.29 is 22.4 Å². The fraction of sp³-hybridized carbons (Fsp3) is 0.444. The summed E-state index contributed by atoms with van der Waals surface area (Å²) in [5.41, 5.74) is 0.521. The molecule has 1 aliphatic heterocycles. The quantitative estimate of drug-likeness (QED) is 0.699. The molecule has 27 heavy (non-hydrogen) atoms. The van der Waals surface area contributed by atoms with Crippen LogP contribution in [0.3, 0.4) is 0 Å². The molecular formula is C18H26N2O5S2. The molecular weight excluding hydrogens is 388 g/mol. The van der Waals surface area contributed by atoms with Crippen molar-refractivity contribution in [2.75, 3.05) is 31.6 Å².